The van der Waals surface area contributed by atoms with Crippen molar-refractivity contribution in [2.75, 3.05) is 34.0 Å². The molecule has 9 atom stereocenters. The van der Waals surface area contributed by atoms with Crippen LogP contribution in [0.1, 0.15) is 25.0 Å². The summed E-state index contributed by atoms with van der Waals surface area (Å²) in [5.74, 6) is -6.31. The summed E-state index contributed by atoms with van der Waals surface area (Å²) in [6.07, 6.45) is -9.78. The maximum atomic E-state index is 13.1. The summed E-state index contributed by atoms with van der Waals surface area (Å²) in [5.41, 5.74) is 0.849. The highest BCUT2D eigenvalue weighted by molar-refractivity contribution is 5.88. The molecule has 0 bridgehead atoms. The lowest BCUT2D eigenvalue weighted by Crippen LogP contribution is -2.64. The third-order valence-corrected chi connectivity index (χ3v) is 8.27. The zero-order valence-electron chi connectivity index (χ0n) is 30.0. The molecule has 0 radical (unpaired) electrons. The first-order valence-electron chi connectivity index (χ1n) is 16.6. The molecule has 6 N–H and O–H groups in total. The molecule has 0 aliphatic carbocycles. The molecular formula is C36H42O19. The van der Waals surface area contributed by atoms with Crippen LogP contribution in [0.4, 0.5) is 0 Å². The highest BCUT2D eigenvalue weighted by Gasteiger charge is 2.61. The number of aliphatic hydroxyl groups excluding tert-OH is 4. The fourth-order valence-electron chi connectivity index (χ4n) is 5.56. The van der Waals surface area contributed by atoms with Crippen LogP contribution in [0.15, 0.2) is 48.6 Å². The van der Waals surface area contributed by atoms with Gasteiger partial charge in [-0.15, -0.1) is 0 Å². The van der Waals surface area contributed by atoms with Crippen LogP contribution >= 0.6 is 0 Å². The van der Waals surface area contributed by atoms with Gasteiger partial charge in [0.05, 0.1) is 14.2 Å². The molecule has 2 aromatic rings. The van der Waals surface area contributed by atoms with Crippen molar-refractivity contribution >= 4 is 36.0 Å². The van der Waals surface area contributed by atoms with Crippen LogP contribution in [0.3, 0.4) is 0 Å². The molecule has 19 nitrogen and oxygen atoms in total. The van der Waals surface area contributed by atoms with E-state index in [4.69, 9.17) is 42.6 Å². The average Bonchev–Trinajstić information content (AvgIpc) is 3.41. The Kier molecular flexibility index (Phi) is 14.6. The second-order valence-electron chi connectivity index (χ2n) is 12.2. The monoisotopic (exact) mass is 778 g/mol. The molecule has 2 heterocycles. The Bertz CT molecular complexity index is 1740. The fraction of sp³-hybridized carbons (Fsp3) is 0.444. The summed E-state index contributed by atoms with van der Waals surface area (Å²) in [6, 6.07) is 8.47. The molecule has 4 rings (SSSR count). The number of aromatic hydroxyl groups is 2. The molecule has 2 fully saturated rings. The zero-order chi connectivity index (χ0) is 40.4. The predicted molar refractivity (Wildman–Crippen MR) is 183 cm³/mol. The SMILES string of the molecule is COc1cc(C=CC(=O)OC[C@@H]2O[C@H](O[C@]3(CO)O[C@H](COC(C)=O)[C@@H](O)[C@@H]3OC(=O)C=Cc3ccc(O)c(OC)c3)[C@H](O)[C@@H](OC(C)=O)[C@@H]2O)ccc1O. The van der Waals surface area contributed by atoms with Crippen molar-refractivity contribution in [2.45, 2.75) is 68.7 Å². The molecule has 55 heavy (non-hydrogen) atoms. The van der Waals surface area contributed by atoms with Crippen LogP contribution in [0, 0.1) is 0 Å². The third kappa shape index (κ3) is 10.7. The normalized spacial score (nSPS) is 27.8. The largest absolute Gasteiger partial charge is 0.504 e. The summed E-state index contributed by atoms with van der Waals surface area (Å²) in [5, 5.41) is 63.6. The molecule has 2 aliphatic heterocycles. The van der Waals surface area contributed by atoms with Crippen LogP contribution in [-0.4, -0.2) is 143 Å². The van der Waals surface area contributed by atoms with Crippen molar-refractivity contribution in [1.29, 1.82) is 0 Å². The second-order valence-corrected chi connectivity index (χ2v) is 12.2. The first kappa shape index (κ1) is 42.5. The molecule has 0 amide bonds. The average molecular weight is 779 g/mol. The lowest BCUT2D eigenvalue weighted by molar-refractivity contribution is -0.383. The fourth-order valence-corrected chi connectivity index (χ4v) is 5.56. The highest BCUT2D eigenvalue weighted by atomic mass is 16.8. The van der Waals surface area contributed by atoms with Gasteiger partial charge in [-0.3, -0.25) is 9.59 Å². The van der Waals surface area contributed by atoms with Gasteiger partial charge in [-0.25, -0.2) is 9.59 Å². The van der Waals surface area contributed by atoms with Crippen molar-refractivity contribution in [3.63, 3.8) is 0 Å². The number of carbonyl (C=O) groups is 4. The van der Waals surface area contributed by atoms with Crippen molar-refractivity contribution < 1.29 is 92.4 Å². The maximum Gasteiger partial charge on any atom is 0.331 e. The minimum atomic E-state index is -2.56. The topological polar surface area (TPSA) is 273 Å². The van der Waals surface area contributed by atoms with Gasteiger partial charge in [-0.05, 0) is 47.5 Å². The van der Waals surface area contributed by atoms with E-state index in [1.165, 1.54) is 62.8 Å². The Morgan fingerprint density at radius 3 is 1.84 bits per heavy atom. The van der Waals surface area contributed by atoms with Gasteiger partial charge in [0.2, 0.25) is 5.79 Å². The van der Waals surface area contributed by atoms with E-state index in [1.807, 2.05) is 0 Å². The molecule has 300 valence electrons. The van der Waals surface area contributed by atoms with Gasteiger partial charge in [0.25, 0.3) is 0 Å². The van der Waals surface area contributed by atoms with E-state index in [2.05, 4.69) is 0 Å². The summed E-state index contributed by atoms with van der Waals surface area (Å²) in [6.45, 7) is -0.422. The summed E-state index contributed by atoms with van der Waals surface area (Å²) in [4.78, 5) is 49.2. The number of aliphatic hydroxyl groups is 4. The Morgan fingerprint density at radius 1 is 0.745 bits per heavy atom. The minimum absolute atomic E-state index is 0.110. The van der Waals surface area contributed by atoms with Crippen LogP contribution in [-0.2, 0) is 52.3 Å². The van der Waals surface area contributed by atoms with Gasteiger partial charge in [0.1, 0.15) is 50.3 Å². The number of carbonyl (C=O) groups excluding carboxylic acids is 4. The van der Waals surface area contributed by atoms with E-state index < -0.39 is 98.5 Å². The molecule has 0 spiro atoms. The molecule has 2 saturated heterocycles. The molecule has 2 aliphatic rings. The standard InChI is InChI=1S/C36H42O19/c1-18(38)49-16-27-31(45)34(53-29(43)12-8-21-6-10-23(41)25(14-21)48-4)36(17-37,54-27)55-35-32(46)33(51-19(2)39)30(44)26(52-35)15-50-28(42)11-7-20-5-9-22(40)24(13-20)47-3/h5-14,26-27,30-35,37,40-41,44-46H,15-17H2,1-4H3/t26-,27+,30+,31+,32+,33-,34-,35+,36-/m0/s1. The van der Waals surface area contributed by atoms with E-state index in [0.717, 1.165) is 26.0 Å². The smallest absolute Gasteiger partial charge is 0.331 e. The van der Waals surface area contributed by atoms with Crippen molar-refractivity contribution in [1.82, 2.24) is 0 Å². The van der Waals surface area contributed by atoms with Gasteiger partial charge >= 0.3 is 23.9 Å². The number of phenols is 2. The lowest BCUT2D eigenvalue weighted by Gasteiger charge is -2.44. The van der Waals surface area contributed by atoms with Crippen molar-refractivity contribution in [3.8, 4) is 23.0 Å². The number of rotatable bonds is 15. The third-order valence-electron chi connectivity index (χ3n) is 8.27. The number of hydrogen-bond acceptors (Lipinski definition) is 19. The molecule has 19 heteroatoms. The van der Waals surface area contributed by atoms with Crippen molar-refractivity contribution in [3.05, 3.63) is 59.7 Å². The lowest BCUT2D eigenvalue weighted by atomic mass is 9.98. The second kappa shape index (κ2) is 18.8. The predicted octanol–water partition coefficient (Wildman–Crippen LogP) is -0.297. The van der Waals surface area contributed by atoms with Crippen LogP contribution in [0.2, 0.25) is 0 Å². The Balaban J connectivity index is 1.57. The van der Waals surface area contributed by atoms with E-state index in [9.17, 15) is 49.8 Å². The minimum Gasteiger partial charge on any atom is -0.504 e. The summed E-state index contributed by atoms with van der Waals surface area (Å²) in [7, 11) is 2.67. The van der Waals surface area contributed by atoms with E-state index in [0.29, 0.717) is 11.1 Å². The molecule has 0 aromatic heterocycles. The van der Waals surface area contributed by atoms with Gasteiger partial charge in [-0.2, -0.15) is 0 Å². The molecule has 0 unspecified atom stereocenters. The molecule has 2 aromatic carbocycles. The van der Waals surface area contributed by atoms with Gasteiger partial charge in [0, 0.05) is 26.0 Å². The number of benzene rings is 2. The van der Waals surface area contributed by atoms with Gasteiger partial charge in [-0.1, -0.05) is 12.1 Å². The molecule has 0 saturated carbocycles. The van der Waals surface area contributed by atoms with Crippen LogP contribution in [0.25, 0.3) is 12.2 Å². The van der Waals surface area contributed by atoms with E-state index >= 15 is 0 Å². The Hall–Kier alpha value is -5.28. The number of methoxy groups -OCH3 is 2. The first-order valence-corrected chi connectivity index (χ1v) is 16.6. The summed E-state index contributed by atoms with van der Waals surface area (Å²) >= 11 is 0. The highest BCUT2D eigenvalue weighted by Crippen LogP contribution is 2.39. The molecular weight excluding hydrogens is 736 g/mol. The van der Waals surface area contributed by atoms with Crippen molar-refractivity contribution in [2.24, 2.45) is 0 Å². The number of ether oxygens (including phenoxy) is 9. The first-order chi connectivity index (χ1) is 26.1. The number of esters is 4. The van der Waals surface area contributed by atoms with Gasteiger partial charge in [0.15, 0.2) is 41.5 Å². The van der Waals surface area contributed by atoms with E-state index in [-0.39, 0.29) is 23.0 Å². The number of hydrogen-bond donors (Lipinski definition) is 6. The maximum absolute atomic E-state index is 13.1. The summed E-state index contributed by atoms with van der Waals surface area (Å²) < 4.78 is 48.3. The zero-order valence-corrected chi connectivity index (χ0v) is 30.0. The quantitative estimate of drug-likeness (QED) is 0.0770. The Labute approximate surface area is 313 Å². The van der Waals surface area contributed by atoms with Crippen LogP contribution < -0.4 is 9.47 Å². The van der Waals surface area contributed by atoms with E-state index in [1.54, 1.807) is 0 Å². The van der Waals surface area contributed by atoms with Crippen LogP contribution in [0.5, 0.6) is 23.0 Å². The Morgan fingerprint density at radius 2 is 1.31 bits per heavy atom. The van der Waals surface area contributed by atoms with Gasteiger partial charge < -0.3 is 73.3 Å². The number of phenolic OH excluding ortho intramolecular Hbond substituents is 2.